The van der Waals surface area contributed by atoms with E-state index in [0.717, 1.165) is 28.4 Å². The largest absolute Gasteiger partial charge is 0.345 e. The Hall–Kier alpha value is -1.67. The molecule has 0 spiro atoms. The number of rotatable bonds is 3. The summed E-state index contributed by atoms with van der Waals surface area (Å²) in [7, 11) is -3.21. The van der Waals surface area contributed by atoms with E-state index >= 15 is 0 Å². The Morgan fingerprint density at radius 3 is 2.46 bits per heavy atom. The molecule has 0 bridgehead atoms. The lowest BCUT2D eigenvalue weighted by atomic mass is 10.2. The van der Waals surface area contributed by atoms with Gasteiger partial charge in [0, 0.05) is 38.4 Å². The van der Waals surface area contributed by atoms with Crippen molar-refractivity contribution in [3.63, 3.8) is 0 Å². The third-order valence-corrected chi connectivity index (χ3v) is 6.32. The van der Waals surface area contributed by atoms with Crippen LogP contribution in [-0.2, 0) is 14.6 Å². The molecular formula is C16H21N3O3S2. The molecule has 1 fully saturated rings. The molecule has 1 aliphatic heterocycles. The Morgan fingerprint density at radius 2 is 1.88 bits per heavy atom. The molecule has 0 atom stereocenters. The lowest BCUT2D eigenvalue weighted by Crippen LogP contribution is -2.49. The number of nitrogens with zero attached hydrogens (tertiary/aromatic N) is 3. The molecule has 0 radical (unpaired) electrons. The number of benzene rings is 1. The van der Waals surface area contributed by atoms with E-state index in [1.807, 2.05) is 18.7 Å². The fourth-order valence-electron chi connectivity index (χ4n) is 2.74. The van der Waals surface area contributed by atoms with Crippen LogP contribution in [0, 0.1) is 5.92 Å². The van der Waals surface area contributed by atoms with Crippen LogP contribution in [0.25, 0.3) is 10.2 Å². The smallest absolute Gasteiger partial charge is 0.225 e. The van der Waals surface area contributed by atoms with E-state index < -0.39 is 9.84 Å². The van der Waals surface area contributed by atoms with Gasteiger partial charge in [0.05, 0.1) is 15.1 Å². The number of fused-ring (bicyclic) bond motifs is 1. The normalized spacial score (nSPS) is 16.2. The number of amides is 1. The van der Waals surface area contributed by atoms with Gasteiger partial charge in [-0.05, 0) is 18.2 Å². The van der Waals surface area contributed by atoms with Crippen LogP contribution in [0.2, 0.25) is 0 Å². The maximum Gasteiger partial charge on any atom is 0.225 e. The molecule has 2 heterocycles. The lowest BCUT2D eigenvalue weighted by molar-refractivity contribution is -0.134. The summed E-state index contributed by atoms with van der Waals surface area (Å²) in [4.78, 5) is 21.0. The Kier molecular flexibility index (Phi) is 4.52. The van der Waals surface area contributed by atoms with Crippen molar-refractivity contribution in [3.05, 3.63) is 18.2 Å². The number of piperazine rings is 1. The van der Waals surface area contributed by atoms with Crippen molar-refractivity contribution in [1.82, 2.24) is 9.88 Å². The second-order valence-corrected chi connectivity index (χ2v) is 9.39. The van der Waals surface area contributed by atoms with Crippen molar-refractivity contribution in [2.24, 2.45) is 5.92 Å². The van der Waals surface area contributed by atoms with Crippen LogP contribution < -0.4 is 4.90 Å². The van der Waals surface area contributed by atoms with Gasteiger partial charge in [-0.25, -0.2) is 13.4 Å². The summed E-state index contributed by atoms with van der Waals surface area (Å²) in [6, 6.07) is 5.04. The lowest BCUT2D eigenvalue weighted by Gasteiger charge is -2.35. The zero-order valence-electron chi connectivity index (χ0n) is 14.0. The molecule has 1 aromatic carbocycles. The van der Waals surface area contributed by atoms with Crippen molar-refractivity contribution in [3.8, 4) is 0 Å². The summed E-state index contributed by atoms with van der Waals surface area (Å²) < 4.78 is 24.2. The first kappa shape index (κ1) is 17.2. The first-order valence-corrected chi connectivity index (χ1v) is 10.6. The van der Waals surface area contributed by atoms with Gasteiger partial charge in [0.15, 0.2) is 15.0 Å². The van der Waals surface area contributed by atoms with E-state index in [-0.39, 0.29) is 11.8 Å². The molecule has 0 saturated carbocycles. The SMILES string of the molecule is CC(C)C(=O)N1CCN(c2nc3ccc(S(C)(=O)=O)cc3s2)CC1. The van der Waals surface area contributed by atoms with Crippen LogP contribution in [0.15, 0.2) is 23.1 Å². The van der Waals surface area contributed by atoms with Gasteiger partial charge in [-0.15, -0.1) is 0 Å². The summed E-state index contributed by atoms with van der Waals surface area (Å²) in [5, 5.41) is 0.882. The number of anilines is 1. The molecule has 1 aliphatic rings. The minimum atomic E-state index is -3.21. The highest BCUT2D eigenvalue weighted by Gasteiger charge is 2.24. The fourth-order valence-corrected chi connectivity index (χ4v) is 4.52. The molecule has 0 aliphatic carbocycles. The van der Waals surface area contributed by atoms with Crippen LogP contribution in [0.3, 0.4) is 0 Å². The first-order valence-electron chi connectivity index (χ1n) is 7.90. The maximum absolute atomic E-state index is 12.1. The molecule has 1 aromatic heterocycles. The third-order valence-electron chi connectivity index (χ3n) is 4.13. The molecule has 0 N–H and O–H groups in total. The third kappa shape index (κ3) is 3.39. The second kappa shape index (κ2) is 6.33. The van der Waals surface area contributed by atoms with Gasteiger partial charge in [-0.3, -0.25) is 4.79 Å². The average molecular weight is 367 g/mol. The van der Waals surface area contributed by atoms with Gasteiger partial charge in [-0.1, -0.05) is 25.2 Å². The topological polar surface area (TPSA) is 70.6 Å². The molecule has 0 unspecified atom stereocenters. The van der Waals surface area contributed by atoms with Crippen molar-refractivity contribution in [2.75, 3.05) is 37.3 Å². The minimum Gasteiger partial charge on any atom is -0.345 e. The molecule has 8 heteroatoms. The van der Waals surface area contributed by atoms with Gasteiger partial charge in [0.1, 0.15) is 0 Å². The predicted molar refractivity (Wildman–Crippen MR) is 96.4 cm³/mol. The highest BCUT2D eigenvalue weighted by Crippen LogP contribution is 2.31. The van der Waals surface area contributed by atoms with Gasteiger partial charge in [0.25, 0.3) is 0 Å². The Bertz CT molecular complexity index is 866. The number of carbonyl (C=O) groups excluding carboxylic acids is 1. The minimum absolute atomic E-state index is 0.0217. The van der Waals surface area contributed by atoms with Crippen molar-refractivity contribution in [2.45, 2.75) is 18.7 Å². The van der Waals surface area contributed by atoms with E-state index in [1.54, 1.807) is 18.2 Å². The standard InChI is InChI=1S/C16H21N3O3S2/c1-11(2)15(20)18-6-8-19(9-7-18)16-17-13-5-4-12(24(3,21)22)10-14(13)23-16/h4-5,10-11H,6-9H2,1-3H3. The molecule has 1 saturated heterocycles. The highest BCUT2D eigenvalue weighted by atomic mass is 32.2. The summed E-state index contributed by atoms with van der Waals surface area (Å²) in [5.74, 6) is 0.213. The van der Waals surface area contributed by atoms with Crippen LogP contribution in [0.4, 0.5) is 5.13 Å². The summed E-state index contributed by atoms with van der Waals surface area (Å²) >= 11 is 1.50. The number of aromatic nitrogens is 1. The maximum atomic E-state index is 12.1. The molecule has 3 rings (SSSR count). The van der Waals surface area contributed by atoms with Crippen LogP contribution >= 0.6 is 11.3 Å². The Labute approximate surface area is 146 Å². The van der Waals surface area contributed by atoms with Crippen molar-refractivity contribution < 1.29 is 13.2 Å². The number of thiazole rings is 1. The zero-order chi connectivity index (χ0) is 17.5. The molecular weight excluding hydrogens is 346 g/mol. The molecule has 130 valence electrons. The van der Waals surface area contributed by atoms with Crippen LogP contribution in [0.1, 0.15) is 13.8 Å². The second-order valence-electron chi connectivity index (χ2n) is 6.37. The first-order chi connectivity index (χ1) is 11.3. The molecule has 24 heavy (non-hydrogen) atoms. The van der Waals surface area contributed by atoms with E-state index in [2.05, 4.69) is 9.88 Å². The Morgan fingerprint density at radius 1 is 1.21 bits per heavy atom. The molecule has 6 nitrogen and oxygen atoms in total. The van der Waals surface area contributed by atoms with Crippen LogP contribution in [0.5, 0.6) is 0 Å². The summed E-state index contributed by atoms with van der Waals surface area (Å²) in [6.07, 6.45) is 1.21. The van der Waals surface area contributed by atoms with Gasteiger partial charge in [0.2, 0.25) is 5.91 Å². The van der Waals surface area contributed by atoms with E-state index in [9.17, 15) is 13.2 Å². The number of hydrogen-bond acceptors (Lipinski definition) is 6. The zero-order valence-corrected chi connectivity index (χ0v) is 15.7. The fraction of sp³-hybridized carbons (Fsp3) is 0.500. The van der Waals surface area contributed by atoms with E-state index in [4.69, 9.17) is 0 Å². The van der Waals surface area contributed by atoms with E-state index in [1.165, 1.54) is 17.6 Å². The average Bonchev–Trinajstić information content (AvgIpc) is 2.96. The quantitative estimate of drug-likeness (QED) is 0.830. The molecule has 1 amide bonds. The number of carbonyl (C=O) groups is 1. The van der Waals surface area contributed by atoms with Gasteiger partial charge in [-0.2, -0.15) is 0 Å². The van der Waals surface area contributed by atoms with Crippen molar-refractivity contribution >= 4 is 42.4 Å². The van der Waals surface area contributed by atoms with Gasteiger partial charge >= 0.3 is 0 Å². The van der Waals surface area contributed by atoms with E-state index in [0.29, 0.717) is 18.0 Å². The molecule has 2 aromatic rings. The highest BCUT2D eigenvalue weighted by molar-refractivity contribution is 7.90. The Balaban J connectivity index is 1.78. The summed E-state index contributed by atoms with van der Waals surface area (Å²) in [6.45, 7) is 6.72. The van der Waals surface area contributed by atoms with Gasteiger partial charge < -0.3 is 9.80 Å². The number of hydrogen-bond donors (Lipinski definition) is 0. The number of sulfone groups is 1. The van der Waals surface area contributed by atoms with Crippen LogP contribution in [-0.4, -0.2) is 56.6 Å². The van der Waals surface area contributed by atoms with Crippen molar-refractivity contribution in [1.29, 1.82) is 0 Å². The monoisotopic (exact) mass is 367 g/mol. The summed E-state index contributed by atoms with van der Waals surface area (Å²) in [5.41, 5.74) is 0.808. The predicted octanol–water partition coefficient (Wildman–Crippen LogP) is 2.00.